The minimum absolute atomic E-state index is 0.0459. The summed E-state index contributed by atoms with van der Waals surface area (Å²) in [6.45, 7) is 19.3. The quantitative estimate of drug-likeness (QED) is 0.0295. The summed E-state index contributed by atoms with van der Waals surface area (Å²) in [5.41, 5.74) is 2.50. The Kier molecular flexibility index (Phi) is 19.0. The molecule has 2 N–H and O–H groups in total. The first-order chi connectivity index (χ1) is 40.1. The molecule has 434 valence electrons. The van der Waals surface area contributed by atoms with Crippen LogP contribution >= 0.6 is 56.7 Å². The number of amides is 2. The highest BCUT2D eigenvalue weighted by Crippen LogP contribution is 2.42. The average molecular weight is 1240 g/mol. The zero-order chi connectivity index (χ0) is 59.9. The number of alkyl carbamates (subject to hydrolysis) is 1. The maximum absolute atomic E-state index is 14.9. The van der Waals surface area contributed by atoms with E-state index in [1.165, 1.54) is 56.7 Å². The van der Waals surface area contributed by atoms with Gasteiger partial charge in [0.05, 0.1) is 24.4 Å². The highest BCUT2D eigenvalue weighted by molar-refractivity contribution is 7.15. The van der Waals surface area contributed by atoms with Crippen LogP contribution in [-0.4, -0.2) is 92.9 Å². The Balaban J connectivity index is 1.09. The van der Waals surface area contributed by atoms with Crippen LogP contribution in [0.2, 0.25) is 5.04 Å². The van der Waals surface area contributed by atoms with Crippen LogP contribution in [0.5, 0.6) is 0 Å². The molecular weight excluding hydrogens is 1180 g/mol. The number of pyridine rings is 1. The molecule has 0 saturated carbocycles. The molecule has 6 heterocycles. The molecule has 3 aromatic carbocycles. The lowest BCUT2D eigenvalue weighted by molar-refractivity contribution is 0.0468. The number of carbonyl (C=O) groups excluding carboxylic acids is 5. The van der Waals surface area contributed by atoms with E-state index in [1.807, 2.05) is 80.1 Å². The van der Waals surface area contributed by atoms with E-state index in [9.17, 15) is 24.0 Å². The number of nitrogens with zero attached hydrogens (tertiary/aromatic N) is 6. The van der Waals surface area contributed by atoms with Crippen molar-refractivity contribution in [1.29, 1.82) is 0 Å². The summed E-state index contributed by atoms with van der Waals surface area (Å²) in [4.78, 5) is 96.0. The summed E-state index contributed by atoms with van der Waals surface area (Å²) < 4.78 is 23.9. The van der Waals surface area contributed by atoms with Crippen LogP contribution < -0.4 is 21.0 Å². The maximum atomic E-state index is 14.9. The van der Waals surface area contributed by atoms with Crippen LogP contribution in [0.4, 0.5) is 4.79 Å². The van der Waals surface area contributed by atoms with Gasteiger partial charge in [-0.1, -0.05) is 126 Å². The van der Waals surface area contributed by atoms with Crippen LogP contribution in [0.25, 0.3) is 43.4 Å². The summed E-state index contributed by atoms with van der Waals surface area (Å²) in [5, 5.41) is 19.0. The zero-order valence-electron chi connectivity index (χ0n) is 47.8. The van der Waals surface area contributed by atoms with Crippen molar-refractivity contribution in [3.05, 3.63) is 163 Å². The average Bonchev–Trinajstić information content (AvgIpc) is 1.31. The third-order valence-electron chi connectivity index (χ3n) is 13.1. The van der Waals surface area contributed by atoms with E-state index < -0.39 is 67.7 Å². The number of aromatic nitrogens is 6. The molecule has 0 aliphatic rings. The lowest BCUT2D eigenvalue weighted by Crippen LogP contribution is -2.68. The normalized spacial score (nSPS) is 13.0. The van der Waals surface area contributed by atoms with Gasteiger partial charge >= 0.3 is 18.0 Å². The molecule has 2 amide bonds. The monoisotopic (exact) mass is 1240 g/mol. The van der Waals surface area contributed by atoms with Crippen molar-refractivity contribution in [2.24, 2.45) is 5.92 Å². The molecule has 0 saturated heterocycles. The predicted molar refractivity (Wildman–Crippen MR) is 333 cm³/mol. The Bertz CT molecular complexity index is 3740. The third kappa shape index (κ3) is 14.0. The number of carbonyl (C=O) groups is 5. The molecule has 23 heteroatoms. The van der Waals surface area contributed by atoms with Crippen molar-refractivity contribution in [1.82, 2.24) is 40.5 Å². The second-order valence-electron chi connectivity index (χ2n) is 21.7. The molecule has 84 heavy (non-hydrogen) atoms. The SMILES string of the molecule is CCOC(=O)c1csc(-c2ccc(-c3nc(-c4nc(C(=O)OCC(=O)c5ccccc5)cs4)cs3)nc2-c2csc([C@@H](NC(=O)c3csc([C@H](NC(=O)OC(C)(C)C)C(C)C)n3)[C@@H](C)O[Si](c3ccccc3)(c3ccccc3)C(C)(C)C)n2)n1. The van der Waals surface area contributed by atoms with Gasteiger partial charge in [0, 0.05) is 38.0 Å². The van der Waals surface area contributed by atoms with Gasteiger partial charge in [-0.25, -0.2) is 44.3 Å². The lowest BCUT2D eigenvalue weighted by atomic mass is 10.1. The minimum atomic E-state index is -3.25. The number of esters is 2. The second kappa shape index (κ2) is 26.2. The van der Waals surface area contributed by atoms with E-state index in [2.05, 4.69) is 60.7 Å². The lowest BCUT2D eigenvalue weighted by Gasteiger charge is -2.45. The summed E-state index contributed by atoms with van der Waals surface area (Å²) in [7, 11) is -3.25. The first-order valence-corrected chi connectivity index (χ1v) is 33.2. The molecule has 0 spiro atoms. The number of ether oxygens (including phenoxy) is 3. The summed E-state index contributed by atoms with van der Waals surface area (Å²) >= 11 is 6.38. The maximum Gasteiger partial charge on any atom is 0.408 e. The molecule has 9 aromatic rings. The summed E-state index contributed by atoms with van der Waals surface area (Å²) in [6, 6.07) is 31.3. The highest BCUT2D eigenvalue weighted by atomic mass is 32.1. The molecule has 0 aliphatic carbocycles. The fourth-order valence-electron chi connectivity index (χ4n) is 9.18. The van der Waals surface area contributed by atoms with E-state index >= 15 is 0 Å². The number of hydrogen-bond acceptors (Lipinski definition) is 20. The molecule has 0 radical (unpaired) electrons. The van der Waals surface area contributed by atoms with Crippen LogP contribution in [0.1, 0.15) is 133 Å². The molecule has 0 unspecified atom stereocenters. The first kappa shape index (κ1) is 61.1. The van der Waals surface area contributed by atoms with Gasteiger partial charge in [0.15, 0.2) is 23.8 Å². The Hall–Kier alpha value is -7.51. The van der Waals surface area contributed by atoms with E-state index in [1.54, 1.807) is 74.2 Å². The number of benzene rings is 3. The molecule has 0 fully saturated rings. The number of ketones is 1. The summed E-state index contributed by atoms with van der Waals surface area (Å²) in [5.74, 6) is -2.20. The largest absolute Gasteiger partial charge is 0.461 e. The van der Waals surface area contributed by atoms with Crippen LogP contribution in [0.3, 0.4) is 0 Å². The van der Waals surface area contributed by atoms with Crippen molar-refractivity contribution < 1.29 is 42.6 Å². The number of Topliss-reactive ketones (excluding diaryl/α,β-unsaturated/α-hetero) is 1. The Morgan fingerprint density at radius 3 is 1.71 bits per heavy atom. The van der Waals surface area contributed by atoms with Gasteiger partial charge in [0.1, 0.15) is 59.5 Å². The predicted octanol–water partition coefficient (Wildman–Crippen LogP) is 12.9. The van der Waals surface area contributed by atoms with Gasteiger partial charge in [-0.15, -0.1) is 56.7 Å². The van der Waals surface area contributed by atoms with Gasteiger partial charge in [-0.3, -0.25) is 9.59 Å². The van der Waals surface area contributed by atoms with E-state index in [4.69, 9.17) is 43.6 Å². The topological polar surface area (TPSA) is 224 Å². The smallest absolute Gasteiger partial charge is 0.408 e. The van der Waals surface area contributed by atoms with Crippen LogP contribution in [0.15, 0.2) is 130 Å². The number of rotatable bonds is 21. The molecule has 3 atom stereocenters. The van der Waals surface area contributed by atoms with Gasteiger partial charge in [-0.05, 0) is 68.1 Å². The number of nitrogens with one attached hydrogen (secondary N) is 2. The van der Waals surface area contributed by atoms with Crippen LogP contribution in [0, 0.1) is 5.92 Å². The second-order valence-corrected chi connectivity index (χ2v) is 30.3. The first-order valence-electron chi connectivity index (χ1n) is 26.9. The van der Waals surface area contributed by atoms with Crippen molar-refractivity contribution >= 4 is 105 Å². The molecule has 9 rings (SSSR count). The van der Waals surface area contributed by atoms with Gasteiger partial charge in [-0.2, -0.15) is 0 Å². The fourth-order valence-corrected chi connectivity index (χ4v) is 18.3. The van der Waals surface area contributed by atoms with E-state index in [0.29, 0.717) is 58.9 Å². The third-order valence-corrected chi connectivity index (χ3v) is 22.7. The number of thiazole rings is 5. The molecule has 17 nitrogen and oxygen atoms in total. The standard InChI is InChI=1S/C61H62N8O9S5Si/c1-11-75-57(72)45-33-79-52(66-45)40-27-28-41(53-65-44(32-80-53)54-67-46(34-81-54)58(73)76-29-47(70)37-21-15-12-16-22-37)62-50(40)42-30-82-56(63-42)49(68-51(71)43-31-83-55(64-43)48(35(2)3)69-59(74)77-60(5,6)7)36(4)78-84(61(8,9)10,38-23-17-13-18-24-38)39-25-19-14-20-26-39/h12-28,30-36,48-49H,11,29H2,1-10H3,(H,68,71)(H,69,74)/t36-,48-,49+/m1/s1. The van der Waals surface area contributed by atoms with E-state index in [-0.39, 0.29) is 35.4 Å². The van der Waals surface area contributed by atoms with Gasteiger partial charge < -0.3 is 29.3 Å². The Morgan fingerprint density at radius 2 is 1.10 bits per heavy atom. The summed E-state index contributed by atoms with van der Waals surface area (Å²) in [6.07, 6.45) is -1.30. The molecule has 6 aromatic heterocycles. The molecule has 0 bridgehead atoms. The van der Waals surface area contributed by atoms with Crippen molar-refractivity contribution in [2.75, 3.05) is 13.2 Å². The number of hydrogen-bond donors (Lipinski definition) is 2. The molecular formula is C61H62N8O9S5Si. The fraction of sp³-hybridized carbons (Fsp3) is 0.295. The van der Waals surface area contributed by atoms with Crippen molar-refractivity contribution in [3.8, 4) is 43.4 Å². The Labute approximate surface area is 508 Å². The van der Waals surface area contributed by atoms with E-state index in [0.717, 1.165) is 10.4 Å². The zero-order valence-corrected chi connectivity index (χ0v) is 52.9. The van der Waals surface area contributed by atoms with Gasteiger partial charge in [0.25, 0.3) is 14.2 Å². The molecule has 0 aliphatic heterocycles. The van der Waals surface area contributed by atoms with Gasteiger partial charge in [0.2, 0.25) is 0 Å². The van der Waals surface area contributed by atoms with Crippen LogP contribution in [-0.2, 0) is 18.6 Å². The highest BCUT2D eigenvalue weighted by Gasteiger charge is 2.52. The van der Waals surface area contributed by atoms with Crippen molar-refractivity contribution in [3.63, 3.8) is 0 Å². The Morgan fingerprint density at radius 1 is 0.548 bits per heavy atom. The minimum Gasteiger partial charge on any atom is -0.461 e. The van der Waals surface area contributed by atoms with Crippen molar-refractivity contribution in [2.45, 2.75) is 98.1 Å².